The van der Waals surface area contributed by atoms with Crippen LogP contribution in [-0.2, 0) is 10.8 Å². The normalized spacial score (nSPS) is 17.3. The molecular weight excluding hydrogens is 641 g/mol. The summed E-state index contributed by atoms with van der Waals surface area (Å²) >= 11 is 0. The Morgan fingerprint density at radius 2 is 1.09 bits per heavy atom. The van der Waals surface area contributed by atoms with Crippen molar-refractivity contribution in [2.24, 2.45) is 0 Å². The number of hydrogen-bond donors (Lipinski definition) is 0. The van der Waals surface area contributed by atoms with E-state index in [2.05, 4.69) is 124 Å². The molecule has 1 atom stereocenters. The average Bonchev–Trinajstić information content (AvgIpc) is 3.52. The Morgan fingerprint density at radius 3 is 1.77 bits per heavy atom. The molecule has 6 rings (SSSR count). The van der Waals surface area contributed by atoms with Crippen molar-refractivity contribution in [3.8, 4) is 0 Å². The molecule has 0 saturated heterocycles. The van der Waals surface area contributed by atoms with Gasteiger partial charge in [-0.25, -0.2) is 0 Å². The van der Waals surface area contributed by atoms with E-state index in [1.54, 1.807) is 16.8 Å². The van der Waals surface area contributed by atoms with Crippen LogP contribution in [0.25, 0.3) is 21.5 Å². The van der Waals surface area contributed by atoms with Gasteiger partial charge >= 0.3 is 0 Å². The minimum absolute atomic E-state index is 0.0745. The summed E-state index contributed by atoms with van der Waals surface area (Å²) in [5, 5.41) is 5.70. The third-order valence-corrected chi connectivity index (χ3v) is 13.3. The molecule has 0 N–H and O–H groups in total. The highest BCUT2D eigenvalue weighted by molar-refractivity contribution is 6.02. The molecule has 1 unspecified atom stereocenters. The summed E-state index contributed by atoms with van der Waals surface area (Å²) in [6.45, 7) is 17.1. The standard InChI is InChI=1S/C51H73N2/c1-7-9-11-13-18-26-38-52-44-36-34-40-28-22-24-30-42(40)48(44)50(3,4)46(52)32-20-16-15-17-21-33-47-51(5,6)49-43-31-25-23-29-41(43)35-37-45(49)53(47)39-27-19-14-12-10-8-2/h22-25,28-31,34-37,46H,7-21,26-27,32-33,38-39H2,1-6H3/q+1. The number of hydrogen-bond acceptors (Lipinski definition) is 1. The molecule has 2 heterocycles. The van der Waals surface area contributed by atoms with Gasteiger partial charge in [-0.1, -0.05) is 166 Å². The average molecular weight is 714 g/mol. The zero-order valence-electron chi connectivity index (χ0n) is 34.7. The maximum Gasteiger partial charge on any atom is 0.210 e. The molecule has 0 bridgehead atoms. The van der Waals surface area contributed by atoms with Gasteiger partial charge in [0, 0.05) is 48.2 Å². The molecular formula is C51H73N2+. The molecule has 53 heavy (non-hydrogen) atoms. The van der Waals surface area contributed by atoms with Crippen molar-refractivity contribution in [2.45, 2.75) is 180 Å². The van der Waals surface area contributed by atoms with E-state index < -0.39 is 0 Å². The fourth-order valence-electron chi connectivity index (χ4n) is 10.4. The molecule has 2 heteroatoms. The summed E-state index contributed by atoms with van der Waals surface area (Å²) < 4.78 is 2.77. The molecule has 0 amide bonds. The van der Waals surface area contributed by atoms with E-state index in [1.165, 1.54) is 168 Å². The van der Waals surface area contributed by atoms with Gasteiger partial charge in [-0.05, 0) is 78.8 Å². The molecule has 0 radical (unpaired) electrons. The highest BCUT2D eigenvalue weighted by atomic mass is 15.2. The second kappa shape index (κ2) is 18.5. The molecule has 4 aromatic rings. The third kappa shape index (κ3) is 8.73. The second-order valence-electron chi connectivity index (χ2n) is 17.9. The molecule has 2 aliphatic rings. The monoisotopic (exact) mass is 714 g/mol. The van der Waals surface area contributed by atoms with Gasteiger partial charge in [0.05, 0.1) is 5.41 Å². The lowest BCUT2D eigenvalue weighted by Crippen LogP contribution is -2.42. The Labute approximate surface area is 324 Å². The fraction of sp³-hybridized carbons (Fsp3) is 0.588. The molecule has 2 aliphatic heterocycles. The summed E-state index contributed by atoms with van der Waals surface area (Å²) in [5.74, 6) is 0. The molecule has 286 valence electrons. The summed E-state index contributed by atoms with van der Waals surface area (Å²) in [6.07, 6.45) is 25.4. The predicted octanol–water partition coefficient (Wildman–Crippen LogP) is 15.0. The Morgan fingerprint density at radius 1 is 0.547 bits per heavy atom. The minimum Gasteiger partial charge on any atom is -0.367 e. The van der Waals surface area contributed by atoms with Crippen molar-refractivity contribution in [3.63, 3.8) is 0 Å². The topological polar surface area (TPSA) is 6.25 Å². The van der Waals surface area contributed by atoms with Crippen molar-refractivity contribution >= 4 is 38.6 Å². The zero-order chi connectivity index (χ0) is 37.3. The summed E-state index contributed by atoms with van der Waals surface area (Å²) in [4.78, 5) is 2.85. The largest absolute Gasteiger partial charge is 0.367 e. The number of benzene rings is 4. The van der Waals surface area contributed by atoms with E-state index in [4.69, 9.17) is 0 Å². The van der Waals surface area contributed by atoms with Crippen LogP contribution in [0.5, 0.6) is 0 Å². The van der Waals surface area contributed by atoms with Crippen molar-refractivity contribution < 1.29 is 4.58 Å². The Bertz CT molecular complexity index is 1810. The SMILES string of the molecule is CCCCCCCCN1c2ccc3ccccc3c2C(C)(C)C1CCCCCCCC1=[N+](CCCCCCCC)c2ccc3ccccc3c2C1(C)C. The van der Waals surface area contributed by atoms with E-state index in [0.29, 0.717) is 6.04 Å². The molecule has 0 saturated carbocycles. The van der Waals surface area contributed by atoms with Gasteiger partial charge in [0.2, 0.25) is 5.69 Å². The maximum atomic E-state index is 2.85. The lowest BCUT2D eigenvalue weighted by Gasteiger charge is -2.35. The number of unbranched alkanes of at least 4 members (excludes halogenated alkanes) is 14. The number of fused-ring (bicyclic) bond motifs is 6. The Hall–Kier alpha value is -3.13. The van der Waals surface area contributed by atoms with Crippen LogP contribution < -0.4 is 4.90 Å². The van der Waals surface area contributed by atoms with Crippen molar-refractivity contribution in [1.29, 1.82) is 0 Å². The van der Waals surface area contributed by atoms with Crippen LogP contribution in [0.15, 0.2) is 72.8 Å². The number of nitrogens with zero attached hydrogens (tertiary/aromatic N) is 2. The van der Waals surface area contributed by atoms with Gasteiger partial charge in [-0.15, -0.1) is 0 Å². The first-order chi connectivity index (χ1) is 25.8. The lowest BCUT2D eigenvalue weighted by atomic mass is 9.76. The van der Waals surface area contributed by atoms with Crippen LogP contribution in [0.1, 0.15) is 175 Å². The van der Waals surface area contributed by atoms with Crippen LogP contribution in [-0.4, -0.2) is 29.4 Å². The quantitative estimate of drug-likeness (QED) is 0.0580. The molecule has 0 fully saturated rings. The highest BCUT2D eigenvalue weighted by Crippen LogP contribution is 2.50. The molecule has 0 aromatic heterocycles. The summed E-state index contributed by atoms with van der Waals surface area (Å²) in [6, 6.07) is 28.4. The number of anilines is 1. The van der Waals surface area contributed by atoms with E-state index in [-0.39, 0.29) is 10.8 Å². The van der Waals surface area contributed by atoms with Crippen LogP contribution >= 0.6 is 0 Å². The summed E-state index contributed by atoms with van der Waals surface area (Å²) in [7, 11) is 0. The first-order valence-corrected chi connectivity index (χ1v) is 22.3. The molecule has 0 spiro atoms. The second-order valence-corrected chi connectivity index (χ2v) is 17.9. The predicted molar refractivity (Wildman–Crippen MR) is 234 cm³/mol. The van der Waals surface area contributed by atoms with Crippen molar-refractivity contribution in [1.82, 2.24) is 0 Å². The number of rotatable bonds is 22. The van der Waals surface area contributed by atoms with E-state index >= 15 is 0 Å². The van der Waals surface area contributed by atoms with E-state index in [0.717, 1.165) is 0 Å². The van der Waals surface area contributed by atoms with Gasteiger partial charge in [0.25, 0.3) is 0 Å². The Balaban J connectivity index is 1.07. The van der Waals surface area contributed by atoms with Crippen LogP contribution in [0.2, 0.25) is 0 Å². The fourth-order valence-corrected chi connectivity index (χ4v) is 10.4. The van der Waals surface area contributed by atoms with Crippen LogP contribution in [0.3, 0.4) is 0 Å². The Kier molecular flexibility index (Phi) is 13.8. The van der Waals surface area contributed by atoms with Crippen molar-refractivity contribution in [2.75, 3.05) is 18.0 Å². The van der Waals surface area contributed by atoms with E-state index in [9.17, 15) is 0 Å². The van der Waals surface area contributed by atoms with Crippen LogP contribution in [0.4, 0.5) is 11.4 Å². The van der Waals surface area contributed by atoms with Gasteiger partial charge in [0.1, 0.15) is 6.54 Å². The molecule has 4 aromatic carbocycles. The molecule has 2 nitrogen and oxygen atoms in total. The van der Waals surface area contributed by atoms with Gasteiger partial charge in [-0.3, -0.25) is 0 Å². The third-order valence-electron chi connectivity index (χ3n) is 13.3. The van der Waals surface area contributed by atoms with Crippen LogP contribution in [0, 0.1) is 0 Å². The van der Waals surface area contributed by atoms with Gasteiger partial charge in [-0.2, -0.15) is 4.58 Å². The van der Waals surface area contributed by atoms with Crippen molar-refractivity contribution in [3.05, 3.63) is 83.9 Å². The first-order valence-electron chi connectivity index (χ1n) is 22.3. The van der Waals surface area contributed by atoms with Gasteiger partial charge in [0.15, 0.2) is 5.71 Å². The lowest BCUT2D eigenvalue weighted by molar-refractivity contribution is -0.440. The minimum atomic E-state index is 0.0745. The maximum absolute atomic E-state index is 2.85. The van der Waals surface area contributed by atoms with E-state index in [1.807, 2.05) is 0 Å². The zero-order valence-corrected chi connectivity index (χ0v) is 34.7. The highest BCUT2D eigenvalue weighted by Gasteiger charge is 2.46. The smallest absolute Gasteiger partial charge is 0.210 e. The summed E-state index contributed by atoms with van der Waals surface area (Å²) in [5.41, 5.74) is 8.06. The first kappa shape index (κ1) is 39.6. The molecule has 0 aliphatic carbocycles. The van der Waals surface area contributed by atoms with Gasteiger partial charge < -0.3 is 4.90 Å².